The molecule has 0 aliphatic rings. The second kappa shape index (κ2) is 8.20. The highest BCUT2D eigenvalue weighted by Gasteiger charge is 2.20. The monoisotopic (exact) mass is 360 g/mol. The molecule has 0 saturated heterocycles. The lowest BCUT2D eigenvalue weighted by Crippen LogP contribution is -2.24. The molecule has 0 bridgehead atoms. The van der Waals surface area contributed by atoms with Gasteiger partial charge in [-0.2, -0.15) is 0 Å². The highest BCUT2D eigenvalue weighted by molar-refractivity contribution is 7.15. The number of anilines is 1. The molecule has 6 nitrogen and oxygen atoms in total. The predicted octanol–water partition coefficient (Wildman–Crippen LogP) is 3.18. The van der Waals surface area contributed by atoms with Crippen molar-refractivity contribution in [3.05, 3.63) is 40.4 Å². The first kappa shape index (κ1) is 19.1. The van der Waals surface area contributed by atoms with Crippen LogP contribution in [-0.4, -0.2) is 22.0 Å². The standard InChI is InChI=1S/C18H24N4O2S/c1-12-5-7-13(8-6-12)11-19-14(23)9-10-15(24)20-17-22-21-16(25-17)18(2,3)4/h5-8H,9-11H2,1-4H3,(H,19,23)(H,20,22,24). The molecule has 2 rings (SSSR count). The Kier molecular flexibility index (Phi) is 6.25. The lowest BCUT2D eigenvalue weighted by atomic mass is 9.98. The molecule has 7 heteroatoms. The minimum Gasteiger partial charge on any atom is -0.352 e. The van der Waals surface area contributed by atoms with E-state index in [0.29, 0.717) is 11.7 Å². The van der Waals surface area contributed by atoms with Crippen LogP contribution in [-0.2, 0) is 21.5 Å². The number of nitrogens with zero attached hydrogens (tertiary/aromatic N) is 2. The summed E-state index contributed by atoms with van der Waals surface area (Å²) in [5.41, 5.74) is 2.11. The lowest BCUT2D eigenvalue weighted by molar-refractivity contribution is -0.124. The van der Waals surface area contributed by atoms with Crippen LogP contribution >= 0.6 is 11.3 Å². The Labute approximate surface area is 152 Å². The van der Waals surface area contributed by atoms with E-state index in [-0.39, 0.29) is 30.1 Å². The van der Waals surface area contributed by atoms with Crippen LogP contribution in [0.5, 0.6) is 0 Å². The zero-order valence-corrected chi connectivity index (χ0v) is 15.9. The molecule has 0 aliphatic heterocycles. The van der Waals surface area contributed by atoms with Gasteiger partial charge < -0.3 is 10.6 Å². The quantitative estimate of drug-likeness (QED) is 0.829. The zero-order valence-electron chi connectivity index (χ0n) is 15.0. The van der Waals surface area contributed by atoms with Gasteiger partial charge in [-0.3, -0.25) is 9.59 Å². The Balaban J connectivity index is 1.73. The number of hydrogen-bond donors (Lipinski definition) is 2. The maximum Gasteiger partial charge on any atom is 0.226 e. The summed E-state index contributed by atoms with van der Waals surface area (Å²) >= 11 is 1.36. The van der Waals surface area contributed by atoms with Gasteiger partial charge in [0, 0.05) is 24.8 Å². The minimum absolute atomic E-state index is 0.101. The van der Waals surface area contributed by atoms with Crippen LogP contribution in [0.25, 0.3) is 0 Å². The third-order valence-electron chi connectivity index (χ3n) is 3.50. The number of aryl methyl sites for hydroxylation is 1. The van der Waals surface area contributed by atoms with E-state index in [4.69, 9.17) is 0 Å². The number of carbonyl (C=O) groups is 2. The molecule has 0 spiro atoms. The fourth-order valence-corrected chi connectivity index (χ4v) is 2.80. The van der Waals surface area contributed by atoms with E-state index in [2.05, 4.69) is 20.8 Å². The molecule has 2 aromatic rings. The molecular weight excluding hydrogens is 336 g/mol. The third-order valence-corrected chi connectivity index (χ3v) is 4.77. The van der Waals surface area contributed by atoms with E-state index >= 15 is 0 Å². The van der Waals surface area contributed by atoms with Crippen molar-refractivity contribution < 1.29 is 9.59 Å². The summed E-state index contributed by atoms with van der Waals surface area (Å²) in [7, 11) is 0. The zero-order chi connectivity index (χ0) is 18.4. The summed E-state index contributed by atoms with van der Waals surface area (Å²) < 4.78 is 0. The average Bonchev–Trinajstić information content (AvgIpc) is 3.01. The Hall–Kier alpha value is -2.28. The molecule has 1 aromatic carbocycles. The van der Waals surface area contributed by atoms with Gasteiger partial charge in [-0.05, 0) is 12.5 Å². The van der Waals surface area contributed by atoms with Crippen molar-refractivity contribution in [2.75, 3.05) is 5.32 Å². The molecule has 0 saturated carbocycles. The number of amides is 2. The summed E-state index contributed by atoms with van der Waals surface area (Å²) in [6.45, 7) is 8.60. The summed E-state index contributed by atoms with van der Waals surface area (Å²) in [5, 5.41) is 14.9. The molecule has 2 N–H and O–H groups in total. The number of rotatable bonds is 6. The minimum atomic E-state index is -0.234. The first-order chi connectivity index (χ1) is 11.7. The Morgan fingerprint density at radius 3 is 2.28 bits per heavy atom. The van der Waals surface area contributed by atoms with E-state index < -0.39 is 0 Å². The van der Waals surface area contributed by atoms with E-state index in [1.54, 1.807) is 0 Å². The first-order valence-electron chi connectivity index (χ1n) is 8.20. The topological polar surface area (TPSA) is 84.0 Å². The molecule has 0 aliphatic carbocycles. The van der Waals surface area contributed by atoms with Gasteiger partial charge in [0.15, 0.2) is 0 Å². The van der Waals surface area contributed by atoms with Crippen LogP contribution in [0.1, 0.15) is 49.7 Å². The van der Waals surface area contributed by atoms with Crippen LogP contribution in [0.3, 0.4) is 0 Å². The van der Waals surface area contributed by atoms with Crippen molar-refractivity contribution >= 4 is 28.3 Å². The largest absolute Gasteiger partial charge is 0.352 e. The van der Waals surface area contributed by atoms with Crippen molar-refractivity contribution in [3.63, 3.8) is 0 Å². The van der Waals surface area contributed by atoms with Gasteiger partial charge in [0.25, 0.3) is 0 Å². The summed E-state index contributed by atoms with van der Waals surface area (Å²) in [5.74, 6) is -0.384. The summed E-state index contributed by atoms with van der Waals surface area (Å²) in [6, 6.07) is 7.96. The van der Waals surface area contributed by atoms with Gasteiger partial charge >= 0.3 is 0 Å². The molecule has 134 valence electrons. The second-order valence-electron chi connectivity index (χ2n) is 6.97. The van der Waals surface area contributed by atoms with Crippen molar-refractivity contribution in [1.82, 2.24) is 15.5 Å². The summed E-state index contributed by atoms with van der Waals surface area (Å²) in [4.78, 5) is 23.8. The van der Waals surface area contributed by atoms with E-state index in [1.165, 1.54) is 16.9 Å². The van der Waals surface area contributed by atoms with E-state index in [0.717, 1.165) is 10.6 Å². The Morgan fingerprint density at radius 2 is 1.68 bits per heavy atom. The number of carbonyl (C=O) groups excluding carboxylic acids is 2. The van der Waals surface area contributed by atoms with Crippen LogP contribution in [0.4, 0.5) is 5.13 Å². The molecular formula is C18H24N4O2S. The van der Waals surface area contributed by atoms with Crippen LogP contribution in [0.15, 0.2) is 24.3 Å². The normalized spacial score (nSPS) is 11.2. The maximum absolute atomic E-state index is 11.9. The molecule has 0 radical (unpaired) electrons. The van der Waals surface area contributed by atoms with Crippen LogP contribution < -0.4 is 10.6 Å². The second-order valence-corrected chi connectivity index (χ2v) is 7.95. The van der Waals surface area contributed by atoms with Gasteiger partial charge in [-0.25, -0.2) is 0 Å². The van der Waals surface area contributed by atoms with Gasteiger partial charge in [-0.15, -0.1) is 10.2 Å². The fraction of sp³-hybridized carbons (Fsp3) is 0.444. The van der Waals surface area contributed by atoms with Crippen LogP contribution in [0, 0.1) is 6.92 Å². The van der Waals surface area contributed by atoms with Gasteiger partial charge in [0.2, 0.25) is 16.9 Å². The van der Waals surface area contributed by atoms with E-state index in [1.807, 2.05) is 52.0 Å². The highest BCUT2D eigenvalue weighted by Crippen LogP contribution is 2.27. The molecule has 0 atom stereocenters. The third kappa shape index (κ3) is 6.26. The number of nitrogens with one attached hydrogen (secondary N) is 2. The van der Waals surface area contributed by atoms with Crippen LogP contribution in [0.2, 0.25) is 0 Å². The number of benzene rings is 1. The lowest BCUT2D eigenvalue weighted by Gasteiger charge is -2.12. The summed E-state index contributed by atoms with van der Waals surface area (Å²) in [6.07, 6.45) is 0.257. The first-order valence-corrected chi connectivity index (χ1v) is 9.02. The van der Waals surface area contributed by atoms with Crippen molar-refractivity contribution in [2.24, 2.45) is 0 Å². The maximum atomic E-state index is 11.9. The molecule has 25 heavy (non-hydrogen) atoms. The van der Waals surface area contributed by atoms with E-state index in [9.17, 15) is 9.59 Å². The number of aromatic nitrogens is 2. The average molecular weight is 360 g/mol. The highest BCUT2D eigenvalue weighted by atomic mass is 32.1. The van der Waals surface area contributed by atoms with Crippen molar-refractivity contribution in [2.45, 2.75) is 52.5 Å². The Morgan fingerprint density at radius 1 is 1.04 bits per heavy atom. The van der Waals surface area contributed by atoms with Crippen molar-refractivity contribution in [1.29, 1.82) is 0 Å². The van der Waals surface area contributed by atoms with Gasteiger partial charge in [-0.1, -0.05) is 61.9 Å². The Bertz CT molecular complexity index is 732. The smallest absolute Gasteiger partial charge is 0.226 e. The molecule has 0 fully saturated rings. The van der Waals surface area contributed by atoms with Gasteiger partial charge in [0.05, 0.1) is 0 Å². The molecule has 0 unspecified atom stereocenters. The fourth-order valence-electron chi connectivity index (χ4n) is 1.98. The van der Waals surface area contributed by atoms with Crippen molar-refractivity contribution in [3.8, 4) is 0 Å². The predicted molar refractivity (Wildman–Crippen MR) is 99.5 cm³/mol. The molecule has 1 heterocycles. The SMILES string of the molecule is Cc1ccc(CNC(=O)CCC(=O)Nc2nnc(C(C)(C)C)s2)cc1. The molecule has 2 amide bonds. The molecule has 1 aromatic heterocycles. The van der Waals surface area contributed by atoms with Gasteiger partial charge in [0.1, 0.15) is 5.01 Å². The number of hydrogen-bond acceptors (Lipinski definition) is 5.